The van der Waals surface area contributed by atoms with Crippen molar-refractivity contribution in [3.05, 3.63) is 281 Å². The maximum absolute atomic E-state index is 6.47. The van der Waals surface area contributed by atoms with Gasteiger partial charge in [-0.25, -0.2) is 4.98 Å². The van der Waals surface area contributed by atoms with Gasteiger partial charge in [-0.1, -0.05) is 252 Å². The minimum absolute atomic E-state index is 0.0669. The van der Waals surface area contributed by atoms with E-state index in [4.69, 9.17) is 49.1 Å². The van der Waals surface area contributed by atoms with Gasteiger partial charge in [-0.2, -0.15) is 24.9 Å². The van der Waals surface area contributed by atoms with Crippen molar-refractivity contribution in [1.82, 2.24) is 29.9 Å². The SMILES string of the molecule is CC1(C)OB(c2cccc(-c3ccc(-c4ccccc4)cc3)c2)OC1(C)C.CC1(C)c2ccccc2-c2ccc(-c3nc(Cl)nc(-c4cccc(-c5ccc(-c6ccccc6)cc5)c4)n3)cc21.CC1(C)c2ccccc2-c2ccc(-c3nc(Cl)nc(Cl)n3)cc21. The van der Waals surface area contributed by atoms with Gasteiger partial charge in [0.1, 0.15) is 0 Å². The van der Waals surface area contributed by atoms with Gasteiger partial charge in [0.25, 0.3) is 0 Å². The number of fused-ring (bicyclic) bond motifs is 6. The van der Waals surface area contributed by atoms with E-state index < -0.39 is 0 Å². The van der Waals surface area contributed by atoms with Gasteiger partial charge in [-0.3, -0.25) is 0 Å². The van der Waals surface area contributed by atoms with Crippen LogP contribution in [0.2, 0.25) is 15.9 Å². The molecule has 12 heteroatoms. The molecule has 0 bridgehead atoms. The maximum Gasteiger partial charge on any atom is 0.494 e. The molecule has 15 rings (SSSR count). The molecule has 442 valence electrons. The fourth-order valence-corrected chi connectivity index (χ4v) is 12.9. The third-order valence-corrected chi connectivity index (χ3v) is 18.6. The third kappa shape index (κ3) is 11.8. The van der Waals surface area contributed by atoms with Crippen molar-refractivity contribution >= 4 is 47.4 Å². The quantitative estimate of drug-likeness (QED) is 0.139. The van der Waals surface area contributed by atoms with Crippen LogP contribution in [0.4, 0.5) is 0 Å². The molecule has 0 N–H and O–H groups in total. The normalized spacial score (nSPS) is 14.9. The summed E-state index contributed by atoms with van der Waals surface area (Å²) in [5.74, 6) is 1.62. The minimum Gasteiger partial charge on any atom is -0.399 e. The van der Waals surface area contributed by atoms with E-state index in [1.165, 1.54) is 77.9 Å². The number of rotatable bonds is 8. The Hall–Kier alpha value is -8.93. The van der Waals surface area contributed by atoms with Crippen LogP contribution < -0.4 is 5.46 Å². The molecule has 10 aromatic carbocycles. The lowest BCUT2D eigenvalue weighted by Gasteiger charge is -2.32. The first-order valence-electron chi connectivity index (χ1n) is 30.2. The smallest absolute Gasteiger partial charge is 0.399 e. The monoisotopic (exact) mass is 1230 g/mol. The summed E-state index contributed by atoms with van der Waals surface area (Å²) >= 11 is 18.3. The molecule has 0 amide bonds. The zero-order valence-electron chi connectivity index (χ0n) is 51.3. The highest BCUT2D eigenvalue weighted by Crippen LogP contribution is 2.51. The summed E-state index contributed by atoms with van der Waals surface area (Å²) in [6.07, 6.45) is 0. The van der Waals surface area contributed by atoms with E-state index in [1.54, 1.807) is 0 Å². The zero-order valence-corrected chi connectivity index (χ0v) is 53.6. The van der Waals surface area contributed by atoms with Gasteiger partial charge >= 0.3 is 7.12 Å². The van der Waals surface area contributed by atoms with Gasteiger partial charge in [0.15, 0.2) is 17.5 Å². The van der Waals surface area contributed by atoms with Gasteiger partial charge in [-0.15, -0.1) is 0 Å². The van der Waals surface area contributed by atoms with Crippen LogP contribution in [0.3, 0.4) is 0 Å². The number of hydrogen-bond acceptors (Lipinski definition) is 8. The van der Waals surface area contributed by atoms with E-state index in [9.17, 15) is 0 Å². The topological polar surface area (TPSA) is 95.8 Å². The molecule has 1 saturated heterocycles. The minimum atomic E-state index is -0.335. The summed E-state index contributed by atoms with van der Waals surface area (Å²) in [6, 6.07) is 84.7. The molecule has 0 saturated carbocycles. The fraction of sp³-hybridized carbons (Fsp3) is 0.154. The molecule has 8 nitrogen and oxygen atoms in total. The van der Waals surface area contributed by atoms with Crippen LogP contribution in [-0.2, 0) is 20.1 Å². The average Bonchev–Trinajstić information content (AvgIpc) is 1.60. The second-order valence-corrected chi connectivity index (χ2v) is 26.0. The Labute approximate surface area is 542 Å². The molecule has 0 spiro atoms. The van der Waals surface area contributed by atoms with E-state index in [0.29, 0.717) is 17.5 Å². The molecule has 90 heavy (non-hydrogen) atoms. The molecular weight excluding hydrogens is 1170 g/mol. The molecule has 0 radical (unpaired) electrons. The highest BCUT2D eigenvalue weighted by molar-refractivity contribution is 6.62. The standard InChI is InChI=1S/C36H26ClN3.C24H25BO2.C18H13Cl2N3/c1-36(2)31-14-7-6-13-29(31)30-20-19-28(22-32(30)36)34-38-33(39-35(37)40-34)27-12-8-11-26(21-27)25-17-15-24(16-18-25)23-9-4-3-5-10-23;1-23(2)24(3,4)27-25(26-23)22-12-8-11-21(17-22)20-15-13-19(14-16-20)18-9-6-5-7-10-18;1-18(2)13-6-4-3-5-11(13)12-8-7-10(9-14(12)18)15-21-16(19)23-17(20)22-15/h3-22H,1-2H3;5-17H,1-4H3;3-9H,1-2H3. The first-order chi connectivity index (χ1) is 43.3. The lowest BCUT2D eigenvalue weighted by molar-refractivity contribution is 0.00578. The van der Waals surface area contributed by atoms with Crippen LogP contribution >= 0.6 is 34.8 Å². The Kier molecular flexibility index (Phi) is 16.1. The molecule has 0 atom stereocenters. The van der Waals surface area contributed by atoms with Crippen molar-refractivity contribution in [1.29, 1.82) is 0 Å². The molecule has 2 aromatic heterocycles. The van der Waals surface area contributed by atoms with Crippen LogP contribution in [0.25, 0.3) is 101 Å². The second kappa shape index (κ2) is 24.1. The van der Waals surface area contributed by atoms with Crippen molar-refractivity contribution in [2.75, 3.05) is 0 Å². The number of nitrogens with zero attached hydrogens (tertiary/aromatic N) is 6. The molecular formula is C78H64BCl3N6O2. The largest absolute Gasteiger partial charge is 0.494 e. The lowest BCUT2D eigenvalue weighted by atomic mass is 9.78. The zero-order chi connectivity index (χ0) is 62.5. The highest BCUT2D eigenvalue weighted by Gasteiger charge is 2.51. The first kappa shape index (κ1) is 60.0. The maximum atomic E-state index is 6.47. The third-order valence-electron chi connectivity index (χ3n) is 18.1. The van der Waals surface area contributed by atoms with Crippen molar-refractivity contribution in [2.45, 2.75) is 77.4 Å². The Morgan fingerprint density at radius 2 is 0.578 bits per heavy atom. The predicted molar refractivity (Wildman–Crippen MR) is 370 cm³/mol. The summed E-state index contributed by atoms with van der Waals surface area (Å²) < 4.78 is 12.4. The van der Waals surface area contributed by atoms with E-state index >= 15 is 0 Å². The van der Waals surface area contributed by atoms with Gasteiger partial charge in [0.2, 0.25) is 15.9 Å². The summed E-state index contributed by atoms with van der Waals surface area (Å²) in [5.41, 5.74) is 22.6. The van der Waals surface area contributed by atoms with Crippen molar-refractivity contribution < 1.29 is 9.31 Å². The number of aromatic nitrogens is 6. The Bertz CT molecular complexity index is 4620. The molecule has 1 fully saturated rings. The molecule has 0 unspecified atom stereocenters. The van der Waals surface area contributed by atoms with Crippen LogP contribution in [0.5, 0.6) is 0 Å². The van der Waals surface area contributed by atoms with Gasteiger partial charge in [0, 0.05) is 27.5 Å². The van der Waals surface area contributed by atoms with Crippen LogP contribution in [0, 0.1) is 0 Å². The van der Waals surface area contributed by atoms with Crippen LogP contribution in [0.1, 0.15) is 77.6 Å². The molecule has 3 aliphatic rings. The summed E-state index contributed by atoms with van der Waals surface area (Å²) in [7, 11) is -0.335. The van der Waals surface area contributed by atoms with Crippen molar-refractivity contribution in [3.8, 4) is 101 Å². The highest BCUT2D eigenvalue weighted by atomic mass is 35.5. The lowest BCUT2D eigenvalue weighted by Crippen LogP contribution is -2.41. The van der Waals surface area contributed by atoms with Gasteiger partial charge < -0.3 is 9.31 Å². The average molecular weight is 1230 g/mol. The van der Waals surface area contributed by atoms with Crippen molar-refractivity contribution in [3.63, 3.8) is 0 Å². The summed E-state index contributed by atoms with van der Waals surface area (Å²) in [4.78, 5) is 26.1. The van der Waals surface area contributed by atoms with E-state index in [1.807, 2.05) is 30.3 Å². The molecule has 2 aliphatic carbocycles. The number of halogens is 3. The van der Waals surface area contributed by atoms with E-state index in [0.717, 1.165) is 33.3 Å². The fourth-order valence-electron chi connectivity index (χ4n) is 12.4. The Morgan fingerprint density at radius 3 is 1.03 bits per heavy atom. The number of hydrogen-bond donors (Lipinski definition) is 0. The van der Waals surface area contributed by atoms with E-state index in [2.05, 4.69) is 293 Å². The van der Waals surface area contributed by atoms with Gasteiger partial charge in [-0.05, 0) is 175 Å². The molecule has 3 heterocycles. The Morgan fingerprint density at radius 1 is 0.267 bits per heavy atom. The number of benzene rings is 10. The summed E-state index contributed by atoms with van der Waals surface area (Å²) in [6.45, 7) is 17.3. The molecule has 12 aromatic rings. The van der Waals surface area contributed by atoms with E-state index in [-0.39, 0.29) is 45.0 Å². The predicted octanol–water partition coefficient (Wildman–Crippen LogP) is 20.0. The van der Waals surface area contributed by atoms with Crippen LogP contribution in [-0.4, -0.2) is 48.2 Å². The summed E-state index contributed by atoms with van der Waals surface area (Å²) in [5, 5.41) is 0.381. The molecule has 1 aliphatic heterocycles. The second-order valence-electron chi connectivity index (χ2n) is 25.0. The van der Waals surface area contributed by atoms with Gasteiger partial charge in [0.05, 0.1) is 11.2 Å². The first-order valence-corrected chi connectivity index (χ1v) is 31.3. The van der Waals surface area contributed by atoms with Crippen molar-refractivity contribution in [2.24, 2.45) is 0 Å². The van der Waals surface area contributed by atoms with Crippen LogP contribution in [0.15, 0.2) is 243 Å². The Balaban J connectivity index is 0.000000130.